The Morgan fingerprint density at radius 3 is 2.33 bits per heavy atom. The molecule has 2 heterocycles. The monoisotopic (exact) mass is 386 g/mol. The third-order valence-corrected chi connectivity index (χ3v) is 9.02. The van der Waals surface area contributed by atoms with Crippen LogP contribution in [0.3, 0.4) is 0 Å². The van der Waals surface area contributed by atoms with E-state index < -0.39 is 7.60 Å². The lowest BCUT2D eigenvalue weighted by atomic mass is 9.88. The van der Waals surface area contributed by atoms with E-state index in [0.29, 0.717) is 0 Å². The fourth-order valence-electron chi connectivity index (χ4n) is 2.68. The molecule has 2 rings (SSSR count). The van der Waals surface area contributed by atoms with Crippen LogP contribution in [0.2, 0.25) is 0 Å². The standard InChI is InChI=1S/C18H27O3PS2/c1-7-18(5,6)16-9-8-15(24-16)12(3)13(4)17-14(22(19,20)21)10-11(2)23-17/h8-10,12-13H,7H2,1-6H3,(H2,19,20,21). The molecule has 0 saturated heterocycles. The highest BCUT2D eigenvalue weighted by molar-refractivity contribution is 7.61. The van der Waals surface area contributed by atoms with Crippen LogP contribution in [0.5, 0.6) is 0 Å². The highest BCUT2D eigenvalue weighted by atomic mass is 32.1. The smallest absolute Gasteiger partial charge is 0.321 e. The molecule has 0 aliphatic carbocycles. The summed E-state index contributed by atoms with van der Waals surface area (Å²) in [6.45, 7) is 12.8. The predicted molar refractivity (Wildman–Crippen MR) is 105 cm³/mol. The van der Waals surface area contributed by atoms with E-state index in [4.69, 9.17) is 0 Å². The van der Waals surface area contributed by atoms with Crippen molar-refractivity contribution in [2.75, 3.05) is 0 Å². The third kappa shape index (κ3) is 4.03. The molecule has 0 amide bonds. The summed E-state index contributed by atoms with van der Waals surface area (Å²) >= 11 is 3.33. The molecule has 2 N–H and O–H groups in total. The number of aryl methyl sites for hydroxylation is 1. The van der Waals surface area contributed by atoms with Crippen LogP contribution in [-0.2, 0) is 9.98 Å². The van der Waals surface area contributed by atoms with Crippen molar-refractivity contribution in [3.63, 3.8) is 0 Å². The second-order valence-corrected chi connectivity index (χ2v) is 11.1. The van der Waals surface area contributed by atoms with Gasteiger partial charge in [-0.1, -0.05) is 34.6 Å². The Morgan fingerprint density at radius 1 is 1.17 bits per heavy atom. The second kappa shape index (κ2) is 7.05. The molecule has 6 heteroatoms. The summed E-state index contributed by atoms with van der Waals surface area (Å²) in [5, 5.41) is 0.204. The van der Waals surface area contributed by atoms with Gasteiger partial charge < -0.3 is 9.79 Å². The van der Waals surface area contributed by atoms with E-state index in [1.807, 2.05) is 18.3 Å². The van der Waals surface area contributed by atoms with Crippen LogP contribution >= 0.6 is 30.3 Å². The minimum absolute atomic E-state index is 0.0718. The van der Waals surface area contributed by atoms with Crippen molar-refractivity contribution >= 4 is 35.6 Å². The topological polar surface area (TPSA) is 57.5 Å². The summed E-state index contributed by atoms with van der Waals surface area (Å²) in [6.07, 6.45) is 1.09. The number of thiophene rings is 2. The van der Waals surface area contributed by atoms with E-state index in [9.17, 15) is 14.4 Å². The highest BCUT2D eigenvalue weighted by Gasteiger charge is 2.30. The summed E-state index contributed by atoms with van der Waals surface area (Å²) in [5.74, 6) is 0.294. The van der Waals surface area contributed by atoms with Crippen LogP contribution in [0, 0.1) is 6.92 Å². The molecule has 3 nitrogen and oxygen atoms in total. The first-order valence-corrected chi connectivity index (χ1v) is 11.5. The van der Waals surface area contributed by atoms with Gasteiger partial charge >= 0.3 is 7.60 Å². The summed E-state index contributed by atoms with van der Waals surface area (Å²) < 4.78 is 11.8. The molecule has 24 heavy (non-hydrogen) atoms. The summed E-state index contributed by atoms with van der Waals surface area (Å²) in [7, 11) is -4.23. The first kappa shape index (κ1) is 19.9. The molecule has 2 aromatic rings. The molecule has 0 aromatic carbocycles. The average molecular weight is 387 g/mol. The Bertz CT molecular complexity index is 754. The maximum Gasteiger partial charge on any atom is 0.357 e. The largest absolute Gasteiger partial charge is 0.357 e. The summed E-state index contributed by atoms with van der Waals surface area (Å²) in [5.41, 5.74) is 0.169. The zero-order chi connectivity index (χ0) is 18.3. The molecule has 0 aliphatic rings. The van der Waals surface area contributed by atoms with E-state index in [-0.39, 0.29) is 22.6 Å². The predicted octanol–water partition coefficient (Wildman–Crippen LogP) is 5.52. The lowest BCUT2D eigenvalue weighted by Gasteiger charge is -2.22. The number of hydrogen-bond donors (Lipinski definition) is 2. The van der Waals surface area contributed by atoms with Crippen LogP contribution in [0.15, 0.2) is 18.2 Å². The lowest BCUT2D eigenvalue weighted by molar-refractivity contribution is 0.387. The number of hydrogen-bond acceptors (Lipinski definition) is 3. The van der Waals surface area contributed by atoms with E-state index in [2.05, 4.69) is 46.8 Å². The maximum atomic E-state index is 11.8. The highest BCUT2D eigenvalue weighted by Crippen LogP contribution is 2.45. The zero-order valence-corrected chi connectivity index (χ0v) is 17.7. The van der Waals surface area contributed by atoms with Crippen LogP contribution < -0.4 is 5.30 Å². The maximum absolute atomic E-state index is 11.8. The van der Waals surface area contributed by atoms with Gasteiger partial charge in [-0.05, 0) is 48.8 Å². The molecule has 2 aromatic heterocycles. The van der Waals surface area contributed by atoms with E-state index in [1.165, 1.54) is 21.1 Å². The van der Waals surface area contributed by atoms with Gasteiger partial charge in [-0.2, -0.15) is 0 Å². The normalized spacial score (nSPS) is 15.5. The molecule has 0 spiro atoms. The summed E-state index contributed by atoms with van der Waals surface area (Å²) in [4.78, 5) is 23.7. The van der Waals surface area contributed by atoms with Crippen LogP contribution in [-0.4, -0.2) is 9.79 Å². The fourth-order valence-corrected chi connectivity index (χ4v) is 6.53. The molecule has 0 aliphatic heterocycles. The van der Waals surface area contributed by atoms with Crippen LogP contribution in [0.1, 0.15) is 72.4 Å². The molecule has 2 atom stereocenters. The first-order chi connectivity index (χ1) is 11.0. The van der Waals surface area contributed by atoms with Crippen molar-refractivity contribution in [2.24, 2.45) is 0 Å². The van der Waals surface area contributed by atoms with Gasteiger partial charge in [-0.3, -0.25) is 4.57 Å². The van der Waals surface area contributed by atoms with Crippen LogP contribution in [0.4, 0.5) is 0 Å². The lowest BCUT2D eigenvalue weighted by Crippen LogP contribution is -2.13. The molecule has 0 radical (unpaired) electrons. The van der Waals surface area contributed by atoms with Gasteiger partial charge in [-0.25, -0.2) is 0 Å². The Morgan fingerprint density at radius 2 is 1.79 bits per heavy atom. The van der Waals surface area contributed by atoms with Gasteiger partial charge in [0, 0.05) is 19.5 Å². The van der Waals surface area contributed by atoms with Crippen molar-refractivity contribution in [1.82, 2.24) is 0 Å². The Balaban J connectivity index is 2.34. The van der Waals surface area contributed by atoms with Crippen LogP contribution in [0.25, 0.3) is 0 Å². The van der Waals surface area contributed by atoms with Crippen molar-refractivity contribution < 1.29 is 14.4 Å². The van der Waals surface area contributed by atoms with Gasteiger partial charge in [0.1, 0.15) is 0 Å². The first-order valence-electron chi connectivity index (χ1n) is 8.24. The van der Waals surface area contributed by atoms with Crippen molar-refractivity contribution in [3.8, 4) is 0 Å². The minimum Gasteiger partial charge on any atom is -0.321 e. The quantitative estimate of drug-likeness (QED) is 0.643. The molecule has 0 saturated carbocycles. The molecular formula is C18H27O3PS2. The minimum atomic E-state index is -4.23. The van der Waals surface area contributed by atoms with E-state index in [0.717, 1.165) is 16.2 Å². The Labute approximate surface area is 152 Å². The molecular weight excluding hydrogens is 359 g/mol. The average Bonchev–Trinajstić information content (AvgIpc) is 3.12. The molecule has 0 bridgehead atoms. The zero-order valence-electron chi connectivity index (χ0n) is 15.2. The SMILES string of the molecule is CCC(C)(C)c1ccc(C(C)C(C)c2sc(C)cc2P(=O)(O)O)s1. The van der Waals surface area contributed by atoms with Crippen molar-refractivity contribution in [1.29, 1.82) is 0 Å². The van der Waals surface area contributed by atoms with E-state index >= 15 is 0 Å². The molecule has 2 unspecified atom stereocenters. The van der Waals surface area contributed by atoms with Gasteiger partial charge in [0.2, 0.25) is 0 Å². The van der Waals surface area contributed by atoms with Gasteiger partial charge in [0.15, 0.2) is 0 Å². The van der Waals surface area contributed by atoms with Gasteiger partial charge in [0.25, 0.3) is 0 Å². The molecule has 134 valence electrons. The second-order valence-electron chi connectivity index (χ2n) is 7.17. The van der Waals surface area contributed by atoms with E-state index in [1.54, 1.807) is 6.07 Å². The Hall–Kier alpha value is -0.450. The van der Waals surface area contributed by atoms with Gasteiger partial charge in [0.05, 0.1) is 5.30 Å². The fraction of sp³-hybridized carbons (Fsp3) is 0.556. The Kier molecular flexibility index (Phi) is 5.83. The van der Waals surface area contributed by atoms with Gasteiger partial charge in [-0.15, -0.1) is 22.7 Å². The third-order valence-electron chi connectivity index (χ3n) is 4.97. The number of rotatable bonds is 6. The summed E-state index contributed by atoms with van der Waals surface area (Å²) in [6, 6.07) is 6.02. The van der Waals surface area contributed by atoms with Crippen molar-refractivity contribution in [3.05, 3.63) is 37.7 Å². The molecule has 0 fully saturated rings. The van der Waals surface area contributed by atoms with Crippen molar-refractivity contribution in [2.45, 2.75) is 65.2 Å².